The first-order chi connectivity index (χ1) is 13.4. The quantitative estimate of drug-likeness (QED) is 0.674. The number of hydrogen-bond donors (Lipinski definition) is 2. The van der Waals surface area contributed by atoms with Gasteiger partial charge < -0.3 is 10.6 Å². The fourth-order valence-corrected chi connectivity index (χ4v) is 6.29. The van der Waals surface area contributed by atoms with E-state index in [0.717, 1.165) is 17.8 Å². The molecule has 4 bridgehead atoms. The lowest BCUT2D eigenvalue weighted by atomic mass is 9.49. The Labute approximate surface area is 170 Å². The molecule has 0 aliphatic heterocycles. The summed E-state index contributed by atoms with van der Waals surface area (Å²) in [5.74, 6) is 1.74. The smallest absolute Gasteiger partial charge is 0.235 e. The molecule has 2 amide bonds. The third kappa shape index (κ3) is 4.35. The summed E-state index contributed by atoms with van der Waals surface area (Å²) in [7, 11) is 0. The van der Waals surface area contributed by atoms with Gasteiger partial charge in [-0.15, -0.1) is 11.6 Å². The summed E-state index contributed by atoms with van der Waals surface area (Å²) in [6, 6.07) is 4.83. The summed E-state index contributed by atoms with van der Waals surface area (Å²) in [6.07, 6.45) is 8.27. The number of rotatable bonds is 7. The first kappa shape index (κ1) is 19.7. The number of amides is 2. The molecule has 1 aromatic carbocycles. The van der Waals surface area contributed by atoms with E-state index in [1.807, 2.05) is 0 Å². The summed E-state index contributed by atoms with van der Waals surface area (Å²) in [5.41, 5.74) is 1.33. The number of hydrogen-bond acceptors (Lipinski definition) is 2. The predicted octanol–water partition coefficient (Wildman–Crippen LogP) is 3.90. The van der Waals surface area contributed by atoms with Gasteiger partial charge in [-0.2, -0.15) is 0 Å². The average Bonchev–Trinajstić information content (AvgIpc) is 2.63. The number of carbonyl (C=O) groups excluding carboxylic acids is 2. The normalized spacial score (nSPS) is 30.3. The molecular formula is C22H28ClFN2O2. The zero-order valence-electron chi connectivity index (χ0n) is 16.1. The first-order valence-electron chi connectivity index (χ1n) is 10.3. The van der Waals surface area contributed by atoms with Crippen molar-refractivity contribution in [2.24, 2.45) is 23.2 Å². The monoisotopic (exact) mass is 406 g/mol. The van der Waals surface area contributed by atoms with Gasteiger partial charge in [-0.05, 0) is 73.3 Å². The molecule has 4 aliphatic carbocycles. The van der Waals surface area contributed by atoms with Crippen molar-refractivity contribution in [2.45, 2.75) is 58.0 Å². The fourth-order valence-electron chi connectivity index (χ4n) is 6.20. The largest absolute Gasteiger partial charge is 0.352 e. The molecule has 1 aromatic rings. The molecule has 4 aliphatic rings. The van der Waals surface area contributed by atoms with Gasteiger partial charge in [0.25, 0.3) is 0 Å². The van der Waals surface area contributed by atoms with Crippen LogP contribution in [0.25, 0.3) is 0 Å². The van der Waals surface area contributed by atoms with Gasteiger partial charge in [-0.3, -0.25) is 9.59 Å². The van der Waals surface area contributed by atoms with Crippen molar-refractivity contribution in [3.05, 3.63) is 35.1 Å². The molecule has 0 aromatic heterocycles. The Morgan fingerprint density at radius 2 is 1.61 bits per heavy atom. The maximum absolute atomic E-state index is 14.3. The van der Waals surface area contributed by atoms with E-state index in [1.54, 1.807) is 12.1 Å². The summed E-state index contributed by atoms with van der Waals surface area (Å²) in [4.78, 5) is 23.8. The van der Waals surface area contributed by atoms with Crippen LogP contribution in [-0.2, 0) is 22.7 Å². The van der Waals surface area contributed by atoms with E-state index in [2.05, 4.69) is 10.6 Å². The molecule has 5 rings (SSSR count). The maximum atomic E-state index is 14.3. The molecule has 0 radical (unpaired) electrons. The lowest BCUT2D eigenvalue weighted by Crippen LogP contribution is -2.47. The van der Waals surface area contributed by atoms with E-state index in [-0.39, 0.29) is 42.0 Å². The number of carbonyl (C=O) groups is 2. The van der Waals surface area contributed by atoms with E-state index in [4.69, 9.17) is 11.6 Å². The Hall–Kier alpha value is -1.62. The molecule has 4 nitrogen and oxygen atoms in total. The molecule has 0 spiro atoms. The van der Waals surface area contributed by atoms with E-state index >= 15 is 0 Å². The molecule has 28 heavy (non-hydrogen) atoms. The molecule has 152 valence electrons. The third-order valence-electron chi connectivity index (χ3n) is 6.91. The molecule has 6 heteroatoms. The van der Waals surface area contributed by atoms with E-state index in [1.165, 1.54) is 44.6 Å². The van der Waals surface area contributed by atoms with Crippen LogP contribution in [0.5, 0.6) is 0 Å². The van der Waals surface area contributed by atoms with Crippen molar-refractivity contribution >= 4 is 23.4 Å². The van der Waals surface area contributed by atoms with Gasteiger partial charge in [-0.1, -0.05) is 12.1 Å². The molecule has 0 atom stereocenters. The molecule has 0 saturated heterocycles. The number of alkyl halides is 1. The van der Waals surface area contributed by atoms with Crippen molar-refractivity contribution in [1.29, 1.82) is 0 Å². The van der Waals surface area contributed by atoms with Gasteiger partial charge in [0, 0.05) is 25.1 Å². The third-order valence-corrected chi connectivity index (χ3v) is 7.15. The topological polar surface area (TPSA) is 58.2 Å². The van der Waals surface area contributed by atoms with E-state index in [0.29, 0.717) is 17.5 Å². The Bertz CT molecular complexity index is 732. The molecule has 4 fully saturated rings. The molecular weight excluding hydrogens is 379 g/mol. The minimum atomic E-state index is -0.368. The second kappa shape index (κ2) is 8.02. The van der Waals surface area contributed by atoms with Gasteiger partial charge in [0.2, 0.25) is 11.8 Å². The zero-order valence-corrected chi connectivity index (χ0v) is 16.9. The minimum Gasteiger partial charge on any atom is -0.352 e. The van der Waals surface area contributed by atoms with Crippen molar-refractivity contribution in [3.8, 4) is 0 Å². The van der Waals surface area contributed by atoms with Crippen LogP contribution < -0.4 is 10.6 Å². The Balaban J connectivity index is 1.29. The lowest BCUT2D eigenvalue weighted by Gasteiger charge is -2.56. The highest BCUT2D eigenvalue weighted by molar-refractivity contribution is 6.27. The van der Waals surface area contributed by atoms with Crippen molar-refractivity contribution in [1.82, 2.24) is 10.6 Å². The van der Waals surface area contributed by atoms with Gasteiger partial charge >= 0.3 is 0 Å². The molecule has 2 N–H and O–H groups in total. The predicted molar refractivity (Wildman–Crippen MR) is 106 cm³/mol. The fraction of sp³-hybridized carbons (Fsp3) is 0.636. The van der Waals surface area contributed by atoms with Crippen LogP contribution >= 0.6 is 11.6 Å². The Morgan fingerprint density at radius 3 is 2.18 bits per heavy atom. The van der Waals surface area contributed by atoms with Crippen LogP contribution in [0.3, 0.4) is 0 Å². The number of benzene rings is 1. The van der Waals surface area contributed by atoms with Gasteiger partial charge in [0.05, 0.1) is 0 Å². The summed E-state index contributed by atoms with van der Waals surface area (Å²) in [5, 5.41) is 5.54. The molecule has 0 heterocycles. The average molecular weight is 407 g/mol. The highest BCUT2D eigenvalue weighted by Crippen LogP contribution is 2.61. The highest BCUT2D eigenvalue weighted by Gasteiger charge is 2.51. The Kier molecular flexibility index (Phi) is 5.64. The minimum absolute atomic E-state index is 0.0415. The van der Waals surface area contributed by atoms with Gasteiger partial charge in [-0.25, -0.2) is 4.39 Å². The van der Waals surface area contributed by atoms with Crippen molar-refractivity contribution < 1.29 is 14.0 Å². The summed E-state index contributed by atoms with van der Waals surface area (Å²) >= 11 is 5.43. The summed E-state index contributed by atoms with van der Waals surface area (Å²) < 4.78 is 14.3. The van der Waals surface area contributed by atoms with E-state index in [9.17, 15) is 14.0 Å². The standard InChI is InChI=1S/C22H28ClFN2O2/c23-11-21(28)25-12-14-1-2-18(19(24)6-14)13-26-20(27)10-22-7-15-3-16(8-22)5-17(4-15)9-22/h1-2,6,15-17H,3-5,7-13H2,(H,25,28)(H,26,27). The highest BCUT2D eigenvalue weighted by atomic mass is 35.5. The number of halogens is 2. The van der Waals surface area contributed by atoms with Crippen molar-refractivity contribution in [2.75, 3.05) is 5.88 Å². The van der Waals surface area contributed by atoms with E-state index < -0.39 is 0 Å². The zero-order chi connectivity index (χ0) is 19.7. The van der Waals surface area contributed by atoms with Crippen LogP contribution in [0, 0.1) is 29.0 Å². The van der Waals surface area contributed by atoms with Crippen molar-refractivity contribution in [3.63, 3.8) is 0 Å². The van der Waals surface area contributed by atoms with Crippen LogP contribution in [-0.4, -0.2) is 17.7 Å². The maximum Gasteiger partial charge on any atom is 0.235 e. The number of nitrogens with one attached hydrogen (secondary N) is 2. The second-order valence-electron chi connectivity index (χ2n) is 9.21. The lowest BCUT2D eigenvalue weighted by molar-refractivity contribution is -0.129. The van der Waals surface area contributed by atoms with Crippen LogP contribution in [0.4, 0.5) is 4.39 Å². The SMILES string of the molecule is O=C(CCl)NCc1ccc(CNC(=O)CC23CC4CC(CC(C4)C2)C3)c(F)c1. The second-order valence-corrected chi connectivity index (χ2v) is 9.47. The molecule has 4 saturated carbocycles. The Morgan fingerprint density at radius 1 is 1.00 bits per heavy atom. The van der Waals surface area contributed by atoms with Gasteiger partial charge in [0.15, 0.2) is 0 Å². The van der Waals surface area contributed by atoms with Gasteiger partial charge in [0.1, 0.15) is 11.7 Å². The first-order valence-corrected chi connectivity index (χ1v) is 10.8. The van der Waals surface area contributed by atoms with Crippen LogP contribution in [0.2, 0.25) is 0 Å². The van der Waals surface area contributed by atoms with Crippen LogP contribution in [0.1, 0.15) is 56.1 Å². The summed E-state index contributed by atoms with van der Waals surface area (Å²) in [6.45, 7) is 0.437. The van der Waals surface area contributed by atoms with Crippen LogP contribution in [0.15, 0.2) is 18.2 Å². The molecule has 0 unspecified atom stereocenters.